The van der Waals surface area contributed by atoms with E-state index in [2.05, 4.69) is 0 Å². The number of ether oxygens (including phenoxy) is 1. The molecule has 0 aromatic heterocycles. The van der Waals surface area contributed by atoms with Crippen molar-refractivity contribution in [3.8, 4) is 11.5 Å². The molecule has 1 N–H and O–H groups in total. The Morgan fingerprint density at radius 3 is 2.43 bits per heavy atom. The van der Waals surface area contributed by atoms with Crippen molar-refractivity contribution in [2.45, 2.75) is 26.2 Å². The predicted molar refractivity (Wildman–Crippen MR) is 106 cm³/mol. The van der Waals surface area contributed by atoms with Crippen LogP contribution in [0.1, 0.15) is 36.5 Å². The predicted octanol–water partition coefficient (Wildman–Crippen LogP) is 5.16. The minimum Gasteiger partial charge on any atom is -0.508 e. The summed E-state index contributed by atoms with van der Waals surface area (Å²) in [6.07, 6.45) is -0.0721. The molecule has 0 saturated carbocycles. The standard InChI is InChI=1S/C20H21Cl2F2NO3/c1-10(2)17-14(26)6-5-11(19(17)23)7-12-13(21)8-15(20(24)18(12)22)28-9-16(27)25(3)4/h5-6,8,10,26H,7,9H2,1-4H3. The number of rotatable bonds is 6. The van der Waals surface area contributed by atoms with Gasteiger partial charge in [0, 0.05) is 37.2 Å². The van der Waals surface area contributed by atoms with Crippen LogP contribution in [-0.4, -0.2) is 36.6 Å². The number of benzene rings is 2. The van der Waals surface area contributed by atoms with Gasteiger partial charge in [-0.3, -0.25) is 4.79 Å². The van der Waals surface area contributed by atoms with Crippen molar-refractivity contribution in [2.75, 3.05) is 20.7 Å². The molecule has 0 aliphatic heterocycles. The second-order valence-electron chi connectivity index (χ2n) is 6.84. The molecule has 28 heavy (non-hydrogen) atoms. The fraction of sp³-hybridized carbons (Fsp3) is 0.350. The highest BCUT2D eigenvalue weighted by Gasteiger charge is 2.22. The van der Waals surface area contributed by atoms with Crippen LogP contribution in [0.3, 0.4) is 0 Å². The highest BCUT2D eigenvalue weighted by molar-refractivity contribution is 6.36. The average Bonchev–Trinajstić information content (AvgIpc) is 2.61. The topological polar surface area (TPSA) is 49.8 Å². The van der Waals surface area contributed by atoms with E-state index in [0.29, 0.717) is 0 Å². The number of hydrogen-bond donors (Lipinski definition) is 1. The summed E-state index contributed by atoms with van der Waals surface area (Å²) in [5, 5.41) is 9.66. The first-order chi connectivity index (χ1) is 13.0. The van der Waals surface area contributed by atoms with Crippen LogP contribution < -0.4 is 4.74 Å². The summed E-state index contributed by atoms with van der Waals surface area (Å²) in [4.78, 5) is 12.9. The van der Waals surface area contributed by atoms with Crippen molar-refractivity contribution in [3.63, 3.8) is 0 Å². The summed E-state index contributed by atoms with van der Waals surface area (Å²) in [5.74, 6) is -2.47. The number of amides is 1. The van der Waals surface area contributed by atoms with Gasteiger partial charge in [-0.25, -0.2) is 8.78 Å². The molecule has 8 heteroatoms. The van der Waals surface area contributed by atoms with Crippen LogP contribution in [0.4, 0.5) is 8.78 Å². The molecule has 152 valence electrons. The third kappa shape index (κ3) is 4.67. The molecule has 0 heterocycles. The van der Waals surface area contributed by atoms with Gasteiger partial charge in [0.05, 0.1) is 5.02 Å². The molecule has 2 rings (SSSR count). The zero-order valence-corrected chi connectivity index (χ0v) is 17.5. The number of carbonyl (C=O) groups is 1. The number of likely N-dealkylation sites (N-methyl/N-ethyl adjacent to an activating group) is 1. The van der Waals surface area contributed by atoms with Crippen LogP contribution in [0.15, 0.2) is 18.2 Å². The molecule has 0 saturated heterocycles. The second kappa shape index (κ2) is 8.97. The number of halogens is 4. The van der Waals surface area contributed by atoms with Crippen molar-refractivity contribution in [1.82, 2.24) is 4.90 Å². The molecule has 0 aliphatic carbocycles. The zero-order valence-electron chi connectivity index (χ0n) is 15.9. The molecule has 0 spiro atoms. The minimum atomic E-state index is -0.879. The molecule has 4 nitrogen and oxygen atoms in total. The first-order valence-electron chi connectivity index (χ1n) is 8.54. The van der Waals surface area contributed by atoms with Gasteiger partial charge in [0.2, 0.25) is 0 Å². The van der Waals surface area contributed by atoms with Crippen molar-refractivity contribution in [3.05, 3.63) is 56.6 Å². The molecule has 0 bridgehead atoms. The maximum atomic E-state index is 14.8. The molecular formula is C20H21Cl2F2NO3. The lowest BCUT2D eigenvalue weighted by Crippen LogP contribution is -2.27. The molecule has 0 radical (unpaired) electrons. The first kappa shape index (κ1) is 22.2. The summed E-state index contributed by atoms with van der Waals surface area (Å²) in [5.41, 5.74) is 0.583. The first-order valence-corrected chi connectivity index (χ1v) is 9.29. The van der Waals surface area contributed by atoms with Gasteiger partial charge in [0.1, 0.15) is 11.6 Å². The smallest absolute Gasteiger partial charge is 0.259 e. The summed E-state index contributed by atoms with van der Waals surface area (Å²) in [6, 6.07) is 4.00. The van der Waals surface area contributed by atoms with Gasteiger partial charge in [-0.05, 0) is 23.1 Å². The SMILES string of the molecule is CC(C)c1c(O)ccc(Cc2c(Cl)cc(OCC(=O)N(C)C)c(F)c2Cl)c1F. The number of nitrogens with zero attached hydrogens (tertiary/aromatic N) is 1. The third-order valence-electron chi connectivity index (χ3n) is 4.25. The highest BCUT2D eigenvalue weighted by Crippen LogP contribution is 2.37. The molecule has 2 aromatic carbocycles. The van der Waals surface area contributed by atoms with E-state index in [1.807, 2.05) is 0 Å². The highest BCUT2D eigenvalue weighted by atomic mass is 35.5. The Labute approximate surface area is 172 Å². The summed E-state index contributed by atoms with van der Waals surface area (Å²) >= 11 is 12.3. The van der Waals surface area contributed by atoms with Crippen molar-refractivity contribution in [1.29, 1.82) is 0 Å². The van der Waals surface area contributed by atoms with Crippen LogP contribution in [0, 0.1) is 11.6 Å². The fourth-order valence-corrected chi connectivity index (χ4v) is 3.22. The average molecular weight is 432 g/mol. The number of carbonyl (C=O) groups excluding carboxylic acids is 1. The maximum absolute atomic E-state index is 14.8. The van der Waals surface area contributed by atoms with Crippen molar-refractivity contribution < 1.29 is 23.4 Å². The van der Waals surface area contributed by atoms with E-state index in [1.165, 1.54) is 23.1 Å². The largest absolute Gasteiger partial charge is 0.508 e. The van der Waals surface area contributed by atoms with Gasteiger partial charge in [-0.15, -0.1) is 0 Å². The van der Waals surface area contributed by atoms with E-state index in [1.54, 1.807) is 27.9 Å². The number of aromatic hydroxyl groups is 1. The van der Waals surface area contributed by atoms with Crippen LogP contribution in [0.5, 0.6) is 11.5 Å². The Bertz CT molecular complexity index is 902. The zero-order chi connectivity index (χ0) is 21.2. The number of hydrogen-bond acceptors (Lipinski definition) is 3. The molecular weight excluding hydrogens is 411 g/mol. The summed E-state index contributed by atoms with van der Waals surface area (Å²) < 4.78 is 34.6. The van der Waals surface area contributed by atoms with E-state index in [9.17, 15) is 18.7 Å². The van der Waals surface area contributed by atoms with Crippen molar-refractivity contribution >= 4 is 29.1 Å². The normalized spacial score (nSPS) is 11.0. The lowest BCUT2D eigenvalue weighted by Gasteiger charge is -2.16. The maximum Gasteiger partial charge on any atom is 0.259 e. The Hall–Kier alpha value is -2.05. The lowest BCUT2D eigenvalue weighted by molar-refractivity contribution is -0.130. The van der Waals surface area contributed by atoms with E-state index in [0.717, 1.165) is 0 Å². The quantitative estimate of drug-likeness (QED) is 0.642. The van der Waals surface area contributed by atoms with Gasteiger partial charge in [0.15, 0.2) is 18.2 Å². The van der Waals surface area contributed by atoms with Crippen LogP contribution in [-0.2, 0) is 11.2 Å². The Morgan fingerprint density at radius 2 is 1.86 bits per heavy atom. The van der Waals surface area contributed by atoms with Gasteiger partial charge in [0.25, 0.3) is 5.91 Å². The summed E-state index contributed by atoms with van der Waals surface area (Å²) in [7, 11) is 3.09. The molecule has 0 unspecified atom stereocenters. The third-order valence-corrected chi connectivity index (χ3v) is 4.98. The Kier molecular flexibility index (Phi) is 7.12. The molecule has 0 fully saturated rings. The van der Waals surface area contributed by atoms with Crippen molar-refractivity contribution in [2.24, 2.45) is 0 Å². The molecule has 2 aromatic rings. The Morgan fingerprint density at radius 1 is 1.21 bits per heavy atom. The van der Waals surface area contributed by atoms with Crippen LogP contribution in [0.2, 0.25) is 10.0 Å². The number of phenols is 1. The lowest BCUT2D eigenvalue weighted by atomic mass is 9.95. The molecule has 1 amide bonds. The van der Waals surface area contributed by atoms with Crippen LogP contribution >= 0.6 is 23.2 Å². The monoisotopic (exact) mass is 431 g/mol. The van der Waals surface area contributed by atoms with Gasteiger partial charge < -0.3 is 14.7 Å². The number of phenolic OH excluding ortho intramolecular Hbond substituents is 1. The molecule has 0 atom stereocenters. The minimum absolute atomic E-state index is 0.0721. The van der Waals surface area contributed by atoms with Gasteiger partial charge >= 0.3 is 0 Å². The van der Waals surface area contributed by atoms with Gasteiger partial charge in [-0.1, -0.05) is 43.1 Å². The van der Waals surface area contributed by atoms with E-state index in [-0.39, 0.29) is 63.1 Å². The molecule has 0 aliphatic rings. The Balaban J connectivity index is 2.37. The fourth-order valence-electron chi connectivity index (χ4n) is 2.65. The van der Waals surface area contributed by atoms with E-state index >= 15 is 0 Å². The van der Waals surface area contributed by atoms with Gasteiger partial charge in [-0.2, -0.15) is 0 Å². The van der Waals surface area contributed by atoms with E-state index < -0.39 is 11.6 Å². The van der Waals surface area contributed by atoms with Crippen LogP contribution in [0.25, 0.3) is 0 Å². The van der Waals surface area contributed by atoms with E-state index in [4.69, 9.17) is 27.9 Å². The second-order valence-corrected chi connectivity index (χ2v) is 7.63. The summed E-state index contributed by atoms with van der Waals surface area (Å²) in [6.45, 7) is 3.13.